The predicted molar refractivity (Wildman–Crippen MR) is 78.8 cm³/mol. The Morgan fingerprint density at radius 1 is 0.870 bits per heavy atom. The number of hydrogen-bond acceptors (Lipinski definition) is 4. The van der Waals surface area contributed by atoms with E-state index in [2.05, 4.69) is 0 Å². The lowest BCUT2D eigenvalue weighted by atomic mass is 10.1. The maximum Gasteiger partial charge on any atom is 0.347 e. The number of benzene rings is 2. The van der Waals surface area contributed by atoms with Gasteiger partial charge in [0, 0.05) is 23.6 Å². The summed E-state index contributed by atoms with van der Waals surface area (Å²) in [6.45, 7) is 0. The predicted octanol–water partition coefficient (Wildman–Crippen LogP) is -0.0631. The molecule has 1 aromatic heterocycles. The third-order valence-electron chi connectivity index (χ3n) is 3.33. The zero-order chi connectivity index (χ0) is 15.7. The summed E-state index contributed by atoms with van der Waals surface area (Å²) in [5.41, 5.74) is -0.340. The number of pyridine rings is 1. The van der Waals surface area contributed by atoms with Gasteiger partial charge in [0.2, 0.25) is 0 Å². The van der Waals surface area contributed by atoms with Crippen LogP contribution in [0.15, 0.2) is 60.9 Å². The molecule has 0 saturated carbocycles. The van der Waals surface area contributed by atoms with Crippen molar-refractivity contribution < 1.29 is 31.4 Å². The fourth-order valence-electron chi connectivity index (χ4n) is 2.27. The molecule has 0 fully saturated rings. The van der Waals surface area contributed by atoms with Crippen LogP contribution in [0.1, 0.15) is 0 Å². The standard InChI is InChI=1S/C15H10N3O4.BrH/c19-17(20)13-5-6-14(15(9-13)18(21)22)16-8-7-11-3-1-2-4-12(11)10-16;/h1-10H;1H/q+1;/p-1. The quantitative estimate of drug-likeness (QED) is 0.364. The first-order valence-corrected chi connectivity index (χ1v) is 6.39. The first-order chi connectivity index (χ1) is 10.6. The van der Waals surface area contributed by atoms with Crippen molar-refractivity contribution in [1.82, 2.24) is 0 Å². The van der Waals surface area contributed by atoms with Crippen LogP contribution in [0.3, 0.4) is 0 Å². The Morgan fingerprint density at radius 2 is 1.57 bits per heavy atom. The summed E-state index contributed by atoms with van der Waals surface area (Å²) < 4.78 is 1.59. The lowest BCUT2D eigenvalue weighted by Crippen LogP contribution is -3.00. The molecule has 0 bridgehead atoms. The van der Waals surface area contributed by atoms with Crippen molar-refractivity contribution in [3.8, 4) is 5.69 Å². The van der Waals surface area contributed by atoms with Gasteiger partial charge in [-0.15, -0.1) is 0 Å². The molecule has 0 aliphatic carbocycles. The van der Waals surface area contributed by atoms with E-state index in [-0.39, 0.29) is 34.0 Å². The highest BCUT2D eigenvalue weighted by Gasteiger charge is 2.26. The Bertz CT molecular complexity index is 914. The van der Waals surface area contributed by atoms with E-state index in [0.29, 0.717) is 0 Å². The molecule has 7 nitrogen and oxygen atoms in total. The van der Waals surface area contributed by atoms with Crippen LogP contribution < -0.4 is 21.5 Å². The second-order valence-electron chi connectivity index (χ2n) is 4.67. The summed E-state index contributed by atoms with van der Waals surface area (Å²) in [5, 5.41) is 23.9. The van der Waals surface area contributed by atoms with Gasteiger partial charge in [0.15, 0.2) is 12.4 Å². The summed E-state index contributed by atoms with van der Waals surface area (Å²) >= 11 is 0. The molecule has 1 heterocycles. The monoisotopic (exact) mass is 375 g/mol. The van der Waals surface area contributed by atoms with Crippen molar-refractivity contribution >= 4 is 22.1 Å². The highest BCUT2D eigenvalue weighted by molar-refractivity contribution is 5.80. The van der Waals surface area contributed by atoms with E-state index in [9.17, 15) is 20.2 Å². The maximum absolute atomic E-state index is 11.2. The van der Waals surface area contributed by atoms with Crippen LogP contribution in [0, 0.1) is 20.2 Å². The molecule has 0 unspecified atom stereocenters. The molecule has 0 radical (unpaired) electrons. The molecule has 0 amide bonds. The average Bonchev–Trinajstić information content (AvgIpc) is 2.53. The van der Waals surface area contributed by atoms with Crippen LogP contribution >= 0.6 is 0 Å². The van der Waals surface area contributed by atoms with Crippen LogP contribution in [0.2, 0.25) is 0 Å². The molecule has 0 N–H and O–H groups in total. The molecular formula is C15H10BrN3O4. The van der Waals surface area contributed by atoms with Crippen molar-refractivity contribution in [2.45, 2.75) is 0 Å². The molecule has 0 atom stereocenters. The number of nitro groups is 2. The largest absolute Gasteiger partial charge is 1.00 e. The molecular weight excluding hydrogens is 366 g/mol. The van der Waals surface area contributed by atoms with Gasteiger partial charge >= 0.3 is 5.69 Å². The van der Waals surface area contributed by atoms with Crippen molar-refractivity contribution in [3.63, 3.8) is 0 Å². The van der Waals surface area contributed by atoms with Crippen molar-refractivity contribution in [3.05, 3.63) is 81.2 Å². The molecule has 0 spiro atoms. The number of fused-ring (bicyclic) bond motifs is 1. The normalized spacial score (nSPS) is 10.1. The van der Waals surface area contributed by atoms with Crippen molar-refractivity contribution in [2.24, 2.45) is 0 Å². The molecule has 3 rings (SSSR count). The summed E-state index contributed by atoms with van der Waals surface area (Å²) in [4.78, 5) is 20.7. The molecule has 23 heavy (non-hydrogen) atoms. The van der Waals surface area contributed by atoms with E-state index in [1.807, 2.05) is 30.3 Å². The SMILES string of the molecule is O=[N+]([O-])c1ccc(-[n+]2ccc3ccccc3c2)c([N+](=O)[O-])c1.[Br-]. The number of halogens is 1. The van der Waals surface area contributed by atoms with Crippen LogP contribution in [-0.4, -0.2) is 9.85 Å². The number of hydrogen-bond donors (Lipinski definition) is 0. The van der Waals surface area contributed by atoms with Crippen molar-refractivity contribution in [1.29, 1.82) is 0 Å². The number of nitro benzene ring substituents is 2. The summed E-state index contributed by atoms with van der Waals surface area (Å²) in [6, 6.07) is 13.0. The molecule has 116 valence electrons. The summed E-state index contributed by atoms with van der Waals surface area (Å²) in [6.07, 6.45) is 3.44. The zero-order valence-corrected chi connectivity index (χ0v) is 13.2. The molecule has 0 aliphatic heterocycles. The lowest BCUT2D eigenvalue weighted by molar-refractivity contribution is -0.599. The summed E-state index contributed by atoms with van der Waals surface area (Å²) in [7, 11) is 0. The first-order valence-electron chi connectivity index (χ1n) is 6.39. The van der Waals surface area contributed by atoms with E-state index < -0.39 is 9.85 Å². The summed E-state index contributed by atoms with van der Waals surface area (Å²) in [5.74, 6) is 0. The van der Waals surface area contributed by atoms with E-state index >= 15 is 0 Å². The Hall–Kier alpha value is -2.87. The third kappa shape index (κ3) is 3.16. The molecule has 2 aromatic carbocycles. The van der Waals surface area contributed by atoms with Gasteiger partial charge in [-0.25, -0.2) is 0 Å². The van der Waals surface area contributed by atoms with Gasteiger partial charge in [0.1, 0.15) is 6.07 Å². The molecule has 8 heteroatoms. The highest BCUT2D eigenvalue weighted by Crippen LogP contribution is 2.25. The minimum absolute atomic E-state index is 0. The van der Waals surface area contributed by atoms with E-state index in [1.54, 1.807) is 17.0 Å². The fraction of sp³-hybridized carbons (Fsp3) is 0. The lowest BCUT2D eigenvalue weighted by Gasteiger charge is -2.00. The van der Waals surface area contributed by atoms with Crippen LogP contribution in [0.5, 0.6) is 0 Å². The van der Waals surface area contributed by atoms with Gasteiger partial charge in [0.05, 0.1) is 9.85 Å². The van der Waals surface area contributed by atoms with Crippen molar-refractivity contribution in [2.75, 3.05) is 0 Å². The topological polar surface area (TPSA) is 90.2 Å². The minimum Gasteiger partial charge on any atom is -1.00 e. The zero-order valence-electron chi connectivity index (χ0n) is 11.6. The van der Waals surface area contributed by atoms with Gasteiger partial charge in [-0.1, -0.05) is 18.2 Å². The second kappa shape index (κ2) is 6.49. The number of nitrogens with zero attached hydrogens (tertiary/aromatic N) is 3. The molecule has 0 aliphatic rings. The van der Waals surface area contributed by atoms with E-state index in [0.717, 1.165) is 16.8 Å². The second-order valence-corrected chi connectivity index (χ2v) is 4.67. The maximum atomic E-state index is 11.2. The minimum atomic E-state index is -0.651. The van der Waals surface area contributed by atoms with Crippen LogP contribution in [0.25, 0.3) is 16.5 Å². The van der Waals surface area contributed by atoms with Crippen LogP contribution in [0.4, 0.5) is 11.4 Å². The molecule has 3 aromatic rings. The average molecular weight is 376 g/mol. The Labute approximate surface area is 140 Å². The highest BCUT2D eigenvalue weighted by atomic mass is 79.9. The van der Waals surface area contributed by atoms with E-state index in [4.69, 9.17) is 0 Å². The molecule has 0 saturated heterocycles. The van der Waals surface area contributed by atoms with Gasteiger partial charge in [-0.2, -0.15) is 4.57 Å². The Kier molecular flexibility index (Phi) is 4.65. The smallest absolute Gasteiger partial charge is 0.347 e. The van der Waals surface area contributed by atoms with Gasteiger partial charge in [-0.3, -0.25) is 20.2 Å². The first kappa shape index (κ1) is 16.5. The van der Waals surface area contributed by atoms with Gasteiger partial charge in [-0.05, 0) is 11.5 Å². The fourth-order valence-corrected chi connectivity index (χ4v) is 2.27. The Balaban J connectivity index is 0.00000192. The number of non-ortho nitro benzene ring substituents is 1. The van der Waals surface area contributed by atoms with E-state index in [1.165, 1.54) is 12.1 Å². The number of aromatic nitrogens is 1. The Morgan fingerprint density at radius 3 is 2.22 bits per heavy atom. The number of rotatable bonds is 3. The van der Waals surface area contributed by atoms with Gasteiger partial charge < -0.3 is 17.0 Å². The third-order valence-corrected chi connectivity index (χ3v) is 3.33. The van der Waals surface area contributed by atoms with Gasteiger partial charge in [0.25, 0.3) is 11.4 Å². The van der Waals surface area contributed by atoms with Crippen LogP contribution in [-0.2, 0) is 0 Å².